The topological polar surface area (TPSA) is 75.9 Å². The van der Waals surface area contributed by atoms with E-state index in [1.165, 1.54) is 6.08 Å². The van der Waals surface area contributed by atoms with E-state index >= 15 is 0 Å². The molecule has 1 aliphatic rings. The summed E-state index contributed by atoms with van der Waals surface area (Å²) in [6, 6.07) is 7.89. The second kappa shape index (κ2) is 7.38. The van der Waals surface area contributed by atoms with Crippen molar-refractivity contribution < 1.29 is 14.3 Å². The third-order valence-corrected chi connectivity index (χ3v) is 3.63. The summed E-state index contributed by atoms with van der Waals surface area (Å²) >= 11 is 0. The van der Waals surface area contributed by atoms with Gasteiger partial charge in [0.1, 0.15) is 5.60 Å². The fraction of sp³-hybridized carbons (Fsp3) is 0.444. The van der Waals surface area contributed by atoms with Crippen LogP contribution in [0.5, 0.6) is 0 Å². The Morgan fingerprint density at radius 3 is 2.17 bits per heavy atom. The van der Waals surface area contributed by atoms with Crippen molar-refractivity contribution in [2.75, 3.05) is 31.1 Å². The van der Waals surface area contributed by atoms with Crippen LogP contribution in [0.25, 0.3) is 6.08 Å². The van der Waals surface area contributed by atoms with Crippen molar-refractivity contribution in [3.63, 3.8) is 0 Å². The number of piperazine rings is 1. The highest BCUT2D eigenvalue weighted by molar-refractivity contribution is 5.90. The second-order valence-corrected chi connectivity index (χ2v) is 6.78. The van der Waals surface area contributed by atoms with Crippen LogP contribution in [-0.4, -0.2) is 48.7 Å². The van der Waals surface area contributed by atoms with Gasteiger partial charge in [-0.1, -0.05) is 12.1 Å². The van der Waals surface area contributed by atoms with E-state index < -0.39 is 11.5 Å². The van der Waals surface area contributed by atoms with E-state index in [2.05, 4.69) is 4.90 Å². The first kappa shape index (κ1) is 17.8. The minimum atomic E-state index is -0.470. The Labute approximate surface area is 142 Å². The smallest absolute Gasteiger partial charge is 0.410 e. The molecule has 24 heavy (non-hydrogen) atoms. The molecule has 0 spiro atoms. The molecule has 2 rings (SSSR count). The van der Waals surface area contributed by atoms with Gasteiger partial charge in [-0.2, -0.15) is 0 Å². The van der Waals surface area contributed by atoms with Gasteiger partial charge >= 0.3 is 6.09 Å². The van der Waals surface area contributed by atoms with E-state index in [0.717, 1.165) is 24.3 Å². The average molecular weight is 331 g/mol. The fourth-order valence-electron chi connectivity index (χ4n) is 2.45. The predicted octanol–water partition coefficient (Wildman–Crippen LogP) is 2.24. The van der Waals surface area contributed by atoms with Crippen molar-refractivity contribution in [1.29, 1.82) is 0 Å². The molecule has 0 unspecified atom stereocenters. The van der Waals surface area contributed by atoms with Crippen LogP contribution in [0.2, 0.25) is 0 Å². The predicted molar refractivity (Wildman–Crippen MR) is 94.7 cm³/mol. The monoisotopic (exact) mass is 331 g/mol. The van der Waals surface area contributed by atoms with Crippen molar-refractivity contribution in [3.05, 3.63) is 35.9 Å². The Hall–Kier alpha value is -2.50. The molecule has 1 heterocycles. The molecule has 0 aromatic heterocycles. The van der Waals surface area contributed by atoms with Crippen LogP contribution in [0.15, 0.2) is 30.3 Å². The molecule has 0 radical (unpaired) electrons. The number of primary amides is 1. The van der Waals surface area contributed by atoms with Crippen LogP contribution in [0.1, 0.15) is 26.3 Å². The average Bonchev–Trinajstić information content (AvgIpc) is 2.52. The van der Waals surface area contributed by atoms with Crippen LogP contribution in [0.4, 0.5) is 10.5 Å². The summed E-state index contributed by atoms with van der Waals surface area (Å²) in [4.78, 5) is 26.8. The molecule has 6 heteroatoms. The van der Waals surface area contributed by atoms with Gasteiger partial charge < -0.3 is 20.3 Å². The van der Waals surface area contributed by atoms with Gasteiger partial charge in [0.05, 0.1) is 0 Å². The first-order chi connectivity index (χ1) is 11.2. The number of amides is 2. The Kier molecular flexibility index (Phi) is 5.49. The van der Waals surface area contributed by atoms with Crippen molar-refractivity contribution in [1.82, 2.24) is 4.90 Å². The first-order valence-electron chi connectivity index (χ1n) is 8.05. The lowest BCUT2D eigenvalue weighted by molar-refractivity contribution is -0.113. The number of nitrogens with zero attached hydrogens (tertiary/aromatic N) is 2. The van der Waals surface area contributed by atoms with Gasteiger partial charge in [0, 0.05) is 37.9 Å². The molecule has 0 aliphatic carbocycles. The van der Waals surface area contributed by atoms with E-state index in [1.807, 2.05) is 45.0 Å². The molecule has 1 saturated heterocycles. The Morgan fingerprint density at radius 2 is 1.67 bits per heavy atom. The number of carbonyl (C=O) groups excluding carboxylic acids is 2. The number of hydrogen-bond acceptors (Lipinski definition) is 4. The minimum absolute atomic E-state index is 0.255. The summed E-state index contributed by atoms with van der Waals surface area (Å²) in [6.45, 7) is 8.40. The van der Waals surface area contributed by atoms with Crippen molar-refractivity contribution in [2.45, 2.75) is 26.4 Å². The van der Waals surface area contributed by atoms with Gasteiger partial charge in [0.25, 0.3) is 0 Å². The highest BCUT2D eigenvalue weighted by Crippen LogP contribution is 2.19. The van der Waals surface area contributed by atoms with E-state index in [4.69, 9.17) is 10.5 Å². The molecule has 0 bridgehead atoms. The number of anilines is 1. The first-order valence-corrected chi connectivity index (χ1v) is 8.05. The maximum atomic E-state index is 12.1. The van der Waals surface area contributed by atoms with Crippen molar-refractivity contribution in [2.24, 2.45) is 5.73 Å². The molecule has 1 aromatic carbocycles. The number of nitrogens with two attached hydrogens (primary N) is 1. The van der Waals surface area contributed by atoms with E-state index in [0.29, 0.717) is 13.1 Å². The van der Waals surface area contributed by atoms with E-state index in [-0.39, 0.29) is 6.09 Å². The van der Waals surface area contributed by atoms with E-state index in [1.54, 1.807) is 11.0 Å². The van der Waals surface area contributed by atoms with Crippen LogP contribution in [0.3, 0.4) is 0 Å². The van der Waals surface area contributed by atoms with Gasteiger partial charge in [0.15, 0.2) is 0 Å². The molecule has 130 valence electrons. The zero-order chi connectivity index (χ0) is 17.7. The molecule has 0 saturated carbocycles. The Morgan fingerprint density at radius 1 is 1.08 bits per heavy atom. The quantitative estimate of drug-likeness (QED) is 0.862. The summed E-state index contributed by atoms with van der Waals surface area (Å²) < 4.78 is 5.40. The van der Waals surface area contributed by atoms with Gasteiger partial charge in [0.2, 0.25) is 5.91 Å². The molecular weight excluding hydrogens is 306 g/mol. The van der Waals surface area contributed by atoms with Crippen molar-refractivity contribution in [3.8, 4) is 0 Å². The number of ether oxygens (including phenoxy) is 1. The fourth-order valence-corrected chi connectivity index (χ4v) is 2.45. The highest BCUT2D eigenvalue weighted by atomic mass is 16.6. The van der Waals surface area contributed by atoms with Crippen LogP contribution >= 0.6 is 0 Å². The summed E-state index contributed by atoms with van der Waals surface area (Å²) in [5, 5.41) is 0. The van der Waals surface area contributed by atoms with Crippen LogP contribution in [0, 0.1) is 0 Å². The standard InChI is InChI=1S/C18H25N3O3/c1-18(2,3)24-17(23)21-12-10-20(11-13-21)15-7-4-14(5-8-15)6-9-16(19)22/h4-9H,10-13H2,1-3H3,(H2,19,22). The number of carbonyl (C=O) groups is 2. The van der Waals surface area contributed by atoms with E-state index in [9.17, 15) is 9.59 Å². The number of benzene rings is 1. The second-order valence-electron chi connectivity index (χ2n) is 6.78. The summed E-state index contributed by atoms with van der Waals surface area (Å²) in [5.74, 6) is -0.461. The molecular formula is C18H25N3O3. The van der Waals surface area contributed by atoms with Gasteiger partial charge in [-0.05, 0) is 44.5 Å². The Balaban J connectivity index is 1.90. The van der Waals surface area contributed by atoms with Gasteiger partial charge in [-0.15, -0.1) is 0 Å². The lowest BCUT2D eigenvalue weighted by Crippen LogP contribution is -2.50. The third-order valence-electron chi connectivity index (χ3n) is 3.63. The molecule has 1 aromatic rings. The third kappa shape index (κ3) is 5.30. The zero-order valence-corrected chi connectivity index (χ0v) is 14.5. The van der Waals surface area contributed by atoms with Crippen LogP contribution in [-0.2, 0) is 9.53 Å². The summed E-state index contributed by atoms with van der Waals surface area (Å²) in [7, 11) is 0. The van der Waals surface area contributed by atoms with Crippen LogP contribution < -0.4 is 10.6 Å². The lowest BCUT2D eigenvalue weighted by atomic mass is 10.1. The maximum absolute atomic E-state index is 12.1. The molecule has 1 aliphatic heterocycles. The molecule has 2 N–H and O–H groups in total. The maximum Gasteiger partial charge on any atom is 0.410 e. The highest BCUT2D eigenvalue weighted by Gasteiger charge is 2.25. The molecule has 1 fully saturated rings. The lowest BCUT2D eigenvalue weighted by Gasteiger charge is -2.36. The molecule has 6 nitrogen and oxygen atoms in total. The zero-order valence-electron chi connectivity index (χ0n) is 14.5. The SMILES string of the molecule is CC(C)(C)OC(=O)N1CCN(c2ccc(C=CC(N)=O)cc2)CC1. The summed E-state index contributed by atoms with van der Waals surface area (Å²) in [5.41, 5.74) is 6.63. The largest absolute Gasteiger partial charge is 0.444 e. The number of rotatable bonds is 3. The van der Waals surface area contributed by atoms with Crippen molar-refractivity contribution >= 4 is 23.8 Å². The summed E-state index contributed by atoms with van der Waals surface area (Å²) in [6.07, 6.45) is 2.77. The van der Waals surface area contributed by atoms with Gasteiger partial charge in [-0.3, -0.25) is 4.79 Å². The number of hydrogen-bond donors (Lipinski definition) is 1. The normalized spacial score (nSPS) is 15.6. The molecule has 2 amide bonds. The Bertz CT molecular complexity index is 609. The molecule has 0 atom stereocenters. The van der Waals surface area contributed by atoms with Gasteiger partial charge in [-0.25, -0.2) is 4.79 Å². The minimum Gasteiger partial charge on any atom is -0.444 e.